The first-order chi connectivity index (χ1) is 8.06. The molecular formula is C13H14Cl2O2. The SMILES string of the molecule is O=C(O)CC(Cc1ccc(Cl)cc1Cl)C1CC1. The van der Waals surface area contributed by atoms with E-state index in [0.717, 1.165) is 24.8 Å². The molecular weight excluding hydrogens is 259 g/mol. The fraction of sp³-hybridized carbons (Fsp3) is 0.462. The summed E-state index contributed by atoms with van der Waals surface area (Å²) in [5.41, 5.74) is 0.995. The van der Waals surface area contributed by atoms with Crippen molar-refractivity contribution in [2.24, 2.45) is 11.8 Å². The van der Waals surface area contributed by atoms with Gasteiger partial charge in [-0.2, -0.15) is 0 Å². The van der Waals surface area contributed by atoms with Gasteiger partial charge in [0.15, 0.2) is 0 Å². The van der Waals surface area contributed by atoms with Gasteiger partial charge in [-0.25, -0.2) is 0 Å². The Labute approximate surface area is 111 Å². The predicted octanol–water partition coefficient (Wildman–Crippen LogP) is 4.04. The third-order valence-electron chi connectivity index (χ3n) is 3.22. The molecule has 0 heterocycles. The Morgan fingerprint density at radius 2 is 2.12 bits per heavy atom. The first-order valence-electron chi connectivity index (χ1n) is 5.72. The van der Waals surface area contributed by atoms with Crippen LogP contribution >= 0.6 is 23.2 Å². The zero-order valence-electron chi connectivity index (χ0n) is 9.33. The van der Waals surface area contributed by atoms with Crippen LogP contribution in [0.4, 0.5) is 0 Å². The molecule has 1 aromatic rings. The lowest BCUT2D eigenvalue weighted by Gasteiger charge is -2.14. The van der Waals surface area contributed by atoms with Crippen LogP contribution in [-0.4, -0.2) is 11.1 Å². The van der Waals surface area contributed by atoms with E-state index in [9.17, 15) is 4.79 Å². The lowest BCUT2D eigenvalue weighted by Crippen LogP contribution is -2.13. The molecule has 4 heteroatoms. The third-order valence-corrected chi connectivity index (χ3v) is 3.81. The van der Waals surface area contributed by atoms with Crippen molar-refractivity contribution in [3.05, 3.63) is 33.8 Å². The lowest BCUT2D eigenvalue weighted by atomic mass is 9.92. The Morgan fingerprint density at radius 1 is 1.41 bits per heavy atom. The molecule has 0 aromatic heterocycles. The molecule has 1 unspecified atom stereocenters. The molecule has 1 aromatic carbocycles. The quantitative estimate of drug-likeness (QED) is 0.879. The van der Waals surface area contributed by atoms with E-state index in [1.807, 2.05) is 6.07 Å². The summed E-state index contributed by atoms with van der Waals surface area (Å²) in [7, 11) is 0. The van der Waals surface area contributed by atoms with Gasteiger partial charge >= 0.3 is 5.97 Å². The Balaban J connectivity index is 2.08. The minimum absolute atomic E-state index is 0.200. The lowest BCUT2D eigenvalue weighted by molar-refractivity contribution is -0.138. The molecule has 1 aliphatic rings. The molecule has 0 amide bonds. The van der Waals surface area contributed by atoms with Crippen molar-refractivity contribution in [1.82, 2.24) is 0 Å². The van der Waals surface area contributed by atoms with Crippen LogP contribution in [0.15, 0.2) is 18.2 Å². The summed E-state index contributed by atoms with van der Waals surface area (Å²) in [6.45, 7) is 0. The second-order valence-corrected chi connectivity index (χ2v) is 5.48. The average Bonchev–Trinajstić information content (AvgIpc) is 3.03. The van der Waals surface area contributed by atoms with Crippen LogP contribution in [0.5, 0.6) is 0 Å². The smallest absolute Gasteiger partial charge is 0.303 e. The molecule has 0 saturated heterocycles. The van der Waals surface area contributed by atoms with Gasteiger partial charge in [-0.15, -0.1) is 0 Å². The molecule has 0 bridgehead atoms. The Hall–Kier alpha value is -0.730. The fourth-order valence-electron chi connectivity index (χ4n) is 2.17. The van der Waals surface area contributed by atoms with Crippen molar-refractivity contribution in [2.45, 2.75) is 25.7 Å². The number of benzene rings is 1. The van der Waals surface area contributed by atoms with Gasteiger partial charge in [-0.3, -0.25) is 4.79 Å². The van der Waals surface area contributed by atoms with E-state index in [2.05, 4.69) is 0 Å². The zero-order chi connectivity index (χ0) is 12.4. The minimum atomic E-state index is -0.730. The molecule has 2 rings (SSSR count). The van der Waals surface area contributed by atoms with Crippen molar-refractivity contribution < 1.29 is 9.90 Å². The summed E-state index contributed by atoms with van der Waals surface area (Å²) in [6.07, 6.45) is 3.24. The number of hydrogen-bond acceptors (Lipinski definition) is 1. The topological polar surface area (TPSA) is 37.3 Å². The number of aliphatic carboxylic acids is 1. The number of carboxylic acids is 1. The molecule has 1 atom stereocenters. The Morgan fingerprint density at radius 3 is 2.65 bits per heavy atom. The van der Waals surface area contributed by atoms with Crippen molar-refractivity contribution in [3.63, 3.8) is 0 Å². The fourth-order valence-corrected chi connectivity index (χ4v) is 2.65. The van der Waals surface area contributed by atoms with E-state index < -0.39 is 5.97 Å². The second kappa shape index (κ2) is 5.28. The highest BCUT2D eigenvalue weighted by Crippen LogP contribution is 2.41. The molecule has 0 spiro atoms. The summed E-state index contributed by atoms with van der Waals surface area (Å²) in [4.78, 5) is 10.8. The predicted molar refractivity (Wildman–Crippen MR) is 68.6 cm³/mol. The van der Waals surface area contributed by atoms with E-state index in [4.69, 9.17) is 28.3 Å². The molecule has 1 N–H and O–H groups in total. The normalized spacial score (nSPS) is 16.8. The molecule has 1 aliphatic carbocycles. The maximum absolute atomic E-state index is 10.8. The summed E-state index contributed by atoms with van der Waals surface area (Å²) in [5.74, 6) is 0.0241. The summed E-state index contributed by atoms with van der Waals surface area (Å²) in [6, 6.07) is 5.40. The maximum atomic E-state index is 10.8. The zero-order valence-corrected chi connectivity index (χ0v) is 10.8. The van der Waals surface area contributed by atoms with Crippen LogP contribution in [-0.2, 0) is 11.2 Å². The van der Waals surface area contributed by atoms with Crippen molar-refractivity contribution in [3.8, 4) is 0 Å². The van der Waals surface area contributed by atoms with Crippen LogP contribution in [0, 0.1) is 11.8 Å². The monoisotopic (exact) mass is 272 g/mol. The average molecular weight is 273 g/mol. The first kappa shape index (κ1) is 12.7. The number of halogens is 2. The molecule has 0 radical (unpaired) electrons. The summed E-state index contributed by atoms with van der Waals surface area (Å²) >= 11 is 11.9. The van der Waals surface area contributed by atoms with Gasteiger partial charge in [-0.1, -0.05) is 29.3 Å². The van der Waals surface area contributed by atoms with Gasteiger partial charge in [-0.05, 0) is 48.8 Å². The molecule has 17 heavy (non-hydrogen) atoms. The van der Waals surface area contributed by atoms with Gasteiger partial charge in [0.05, 0.1) is 0 Å². The van der Waals surface area contributed by atoms with E-state index in [1.165, 1.54) is 0 Å². The van der Waals surface area contributed by atoms with Crippen molar-refractivity contribution in [1.29, 1.82) is 0 Å². The molecule has 2 nitrogen and oxygen atoms in total. The first-order valence-corrected chi connectivity index (χ1v) is 6.47. The van der Waals surface area contributed by atoms with Crippen LogP contribution in [0.3, 0.4) is 0 Å². The highest BCUT2D eigenvalue weighted by atomic mass is 35.5. The standard InChI is InChI=1S/C13H14Cl2O2/c14-11-4-3-9(12(15)7-11)5-10(6-13(16)17)8-1-2-8/h3-4,7-8,10H,1-2,5-6H2,(H,16,17). The number of carbonyl (C=O) groups is 1. The number of rotatable bonds is 5. The molecule has 1 fully saturated rings. The second-order valence-electron chi connectivity index (χ2n) is 4.64. The van der Waals surface area contributed by atoms with E-state index in [-0.39, 0.29) is 12.3 Å². The largest absolute Gasteiger partial charge is 0.481 e. The molecule has 92 valence electrons. The van der Waals surface area contributed by atoms with Crippen molar-refractivity contribution >= 4 is 29.2 Å². The van der Waals surface area contributed by atoms with Gasteiger partial charge < -0.3 is 5.11 Å². The minimum Gasteiger partial charge on any atom is -0.481 e. The molecule has 0 aliphatic heterocycles. The summed E-state index contributed by atoms with van der Waals surface area (Å²) in [5, 5.41) is 10.1. The molecule has 1 saturated carbocycles. The highest BCUT2D eigenvalue weighted by molar-refractivity contribution is 6.35. The number of carboxylic acid groups (broad SMARTS) is 1. The number of hydrogen-bond donors (Lipinski definition) is 1. The third kappa shape index (κ3) is 3.62. The van der Waals surface area contributed by atoms with E-state index >= 15 is 0 Å². The van der Waals surface area contributed by atoms with E-state index in [0.29, 0.717) is 16.0 Å². The Kier molecular flexibility index (Phi) is 3.95. The van der Waals surface area contributed by atoms with Crippen LogP contribution in [0.25, 0.3) is 0 Å². The van der Waals surface area contributed by atoms with Gasteiger partial charge in [0.2, 0.25) is 0 Å². The van der Waals surface area contributed by atoms with Gasteiger partial charge in [0.25, 0.3) is 0 Å². The van der Waals surface area contributed by atoms with E-state index in [1.54, 1.807) is 12.1 Å². The van der Waals surface area contributed by atoms with Crippen molar-refractivity contribution in [2.75, 3.05) is 0 Å². The van der Waals surface area contributed by atoms with Crippen LogP contribution < -0.4 is 0 Å². The maximum Gasteiger partial charge on any atom is 0.303 e. The van der Waals surface area contributed by atoms with Crippen LogP contribution in [0.2, 0.25) is 10.0 Å². The van der Waals surface area contributed by atoms with Gasteiger partial charge in [0, 0.05) is 16.5 Å². The van der Waals surface area contributed by atoms with Gasteiger partial charge in [0.1, 0.15) is 0 Å². The highest BCUT2D eigenvalue weighted by Gasteiger charge is 2.32. The summed E-state index contributed by atoms with van der Waals surface area (Å²) < 4.78 is 0. The Bertz CT molecular complexity index is 427. The van der Waals surface area contributed by atoms with Crippen LogP contribution in [0.1, 0.15) is 24.8 Å².